The molecule has 0 bridgehead atoms. The molecule has 1 heterocycles. The molecule has 0 radical (unpaired) electrons. The number of nitrogens with one attached hydrogen (secondary N) is 1. The van der Waals surface area contributed by atoms with Gasteiger partial charge < -0.3 is 14.8 Å². The van der Waals surface area contributed by atoms with Gasteiger partial charge in [0.05, 0.1) is 19.3 Å². The minimum absolute atomic E-state index is 0.0385. The van der Waals surface area contributed by atoms with Crippen LogP contribution in [0, 0.1) is 0 Å². The number of nitrogens with zero attached hydrogens (tertiary/aromatic N) is 1. The summed E-state index contributed by atoms with van der Waals surface area (Å²) in [5.74, 6) is 1.49. The largest absolute Gasteiger partial charge is 0.495 e. The van der Waals surface area contributed by atoms with Crippen LogP contribution in [0.4, 0.5) is 0 Å². The van der Waals surface area contributed by atoms with E-state index in [9.17, 15) is 0 Å². The average molecular weight is 307 g/mol. The topological polar surface area (TPSA) is 43.4 Å². The highest BCUT2D eigenvalue weighted by Gasteiger charge is 2.12. The van der Waals surface area contributed by atoms with Gasteiger partial charge in [-0.3, -0.25) is 4.98 Å². The molecule has 4 nitrogen and oxygen atoms in total. The van der Waals surface area contributed by atoms with E-state index in [1.807, 2.05) is 30.5 Å². The first-order chi connectivity index (χ1) is 10.2. The Morgan fingerprint density at radius 1 is 1.24 bits per heavy atom. The molecule has 0 amide bonds. The third-order valence-corrected chi connectivity index (χ3v) is 3.27. The predicted molar refractivity (Wildman–Crippen MR) is 84.2 cm³/mol. The Bertz CT molecular complexity index is 578. The van der Waals surface area contributed by atoms with Crippen LogP contribution in [0.1, 0.15) is 18.5 Å². The molecule has 0 aliphatic rings. The summed E-state index contributed by atoms with van der Waals surface area (Å²) in [6.45, 7) is 3.38. The molecule has 1 aromatic carbocycles. The molecule has 5 heteroatoms. The molecule has 1 aromatic heterocycles. The SMILES string of the molecule is CCNC(COc1cccc(Cl)c1)c1cncc(OC)c1. The van der Waals surface area contributed by atoms with E-state index in [0.717, 1.165) is 23.6 Å². The van der Waals surface area contributed by atoms with Crippen molar-refractivity contribution in [3.05, 3.63) is 53.3 Å². The van der Waals surface area contributed by atoms with Crippen LogP contribution in [0.5, 0.6) is 11.5 Å². The number of rotatable bonds is 7. The number of halogens is 1. The molecule has 0 aliphatic heterocycles. The Labute approximate surface area is 130 Å². The van der Waals surface area contributed by atoms with Gasteiger partial charge in [-0.2, -0.15) is 0 Å². The molecule has 0 spiro atoms. The number of methoxy groups -OCH3 is 1. The normalized spacial score (nSPS) is 12.0. The zero-order valence-corrected chi connectivity index (χ0v) is 12.9. The third kappa shape index (κ3) is 4.62. The fraction of sp³-hybridized carbons (Fsp3) is 0.312. The maximum atomic E-state index is 5.96. The van der Waals surface area contributed by atoms with Crippen LogP contribution in [0.25, 0.3) is 0 Å². The zero-order chi connectivity index (χ0) is 15.1. The second kappa shape index (κ2) is 7.86. The fourth-order valence-corrected chi connectivity index (χ4v) is 2.17. The molecule has 1 atom stereocenters. The van der Waals surface area contributed by atoms with Crippen LogP contribution in [0.2, 0.25) is 5.02 Å². The lowest BCUT2D eigenvalue weighted by Crippen LogP contribution is -2.26. The van der Waals surface area contributed by atoms with Gasteiger partial charge in [0.2, 0.25) is 0 Å². The Morgan fingerprint density at radius 2 is 2.10 bits per heavy atom. The number of benzene rings is 1. The molecule has 0 fully saturated rings. The van der Waals surface area contributed by atoms with Crippen LogP contribution >= 0.6 is 11.6 Å². The Balaban J connectivity index is 2.07. The third-order valence-electron chi connectivity index (χ3n) is 3.04. The monoisotopic (exact) mass is 306 g/mol. The van der Waals surface area contributed by atoms with Gasteiger partial charge in [0.15, 0.2) is 0 Å². The quantitative estimate of drug-likeness (QED) is 0.850. The molecule has 2 rings (SSSR count). The summed E-state index contributed by atoms with van der Waals surface area (Å²) < 4.78 is 11.0. The summed E-state index contributed by atoms with van der Waals surface area (Å²) in [5.41, 5.74) is 1.03. The lowest BCUT2D eigenvalue weighted by molar-refractivity contribution is 0.267. The minimum atomic E-state index is 0.0385. The van der Waals surface area contributed by atoms with Crippen molar-refractivity contribution in [2.24, 2.45) is 0 Å². The Morgan fingerprint density at radius 3 is 2.81 bits per heavy atom. The van der Waals surface area contributed by atoms with E-state index >= 15 is 0 Å². The van der Waals surface area contributed by atoms with Crippen LogP contribution < -0.4 is 14.8 Å². The van der Waals surface area contributed by atoms with E-state index in [0.29, 0.717) is 11.6 Å². The number of ether oxygens (including phenoxy) is 2. The predicted octanol–water partition coefficient (Wildman–Crippen LogP) is 3.47. The van der Waals surface area contributed by atoms with Gasteiger partial charge >= 0.3 is 0 Å². The fourth-order valence-electron chi connectivity index (χ4n) is 1.99. The molecule has 0 saturated heterocycles. The van der Waals surface area contributed by atoms with Crippen molar-refractivity contribution in [1.29, 1.82) is 0 Å². The van der Waals surface area contributed by atoms with Crippen molar-refractivity contribution < 1.29 is 9.47 Å². The average Bonchev–Trinajstić information content (AvgIpc) is 2.51. The Hall–Kier alpha value is -1.78. The molecule has 1 unspecified atom stereocenters. The highest BCUT2D eigenvalue weighted by molar-refractivity contribution is 6.30. The van der Waals surface area contributed by atoms with Crippen LogP contribution in [0.3, 0.4) is 0 Å². The van der Waals surface area contributed by atoms with Gasteiger partial charge in [0.1, 0.15) is 18.1 Å². The second-order valence-corrected chi connectivity index (χ2v) is 4.97. The summed E-state index contributed by atoms with van der Waals surface area (Å²) >= 11 is 5.96. The van der Waals surface area contributed by atoms with Gasteiger partial charge in [-0.15, -0.1) is 0 Å². The minimum Gasteiger partial charge on any atom is -0.495 e. The Kier molecular flexibility index (Phi) is 5.84. The zero-order valence-electron chi connectivity index (χ0n) is 12.2. The van der Waals surface area contributed by atoms with Gasteiger partial charge in [-0.05, 0) is 36.4 Å². The van der Waals surface area contributed by atoms with Crippen molar-refractivity contribution in [3.63, 3.8) is 0 Å². The number of pyridine rings is 1. The van der Waals surface area contributed by atoms with E-state index in [-0.39, 0.29) is 6.04 Å². The second-order valence-electron chi connectivity index (χ2n) is 4.54. The van der Waals surface area contributed by atoms with Gasteiger partial charge in [-0.1, -0.05) is 24.6 Å². The van der Waals surface area contributed by atoms with Crippen molar-refractivity contribution in [1.82, 2.24) is 10.3 Å². The van der Waals surface area contributed by atoms with Crippen molar-refractivity contribution in [2.75, 3.05) is 20.3 Å². The highest BCUT2D eigenvalue weighted by Crippen LogP contribution is 2.21. The van der Waals surface area contributed by atoms with Crippen molar-refractivity contribution in [3.8, 4) is 11.5 Å². The number of hydrogen-bond donors (Lipinski definition) is 1. The van der Waals surface area contributed by atoms with E-state index < -0.39 is 0 Å². The van der Waals surface area contributed by atoms with Crippen LogP contribution in [-0.2, 0) is 0 Å². The van der Waals surface area contributed by atoms with Crippen LogP contribution in [-0.4, -0.2) is 25.2 Å². The summed E-state index contributed by atoms with van der Waals surface area (Å²) in [4.78, 5) is 4.19. The van der Waals surface area contributed by atoms with Crippen LogP contribution in [0.15, 0.2) is 42.7 Å². The first-order valence-corrected chi connectivity index (χ1v) is 7.21. The van der Waals surface area contributed by atoms with E-state index in [1.54, 1.807) is 19.4 Å². The van der Waals surface area contributed by atoms with Gasteiger partial charge in [-0.25, -0.2) is 0 Å². The standard InChI is InChI=1S/C16H19ClN2O2/c1-3-19-16(12-7-15(20-2)10-18-9-12)11-21-14-6-4-5-13(17)8-14/h4-10,16,19H,3,11H2,1-2H3. The number of aromatic nitrogens is 1. The first kappa shape index (κ1) is 15.6. The molecular formula is C16H19ClN2O2. The van der Waals surface area contributed by atoms with E-state index in [2.05, 4.69) is 17.2 Å². The maximum Gasteiger partial charge on any atom is 0.137 e. The number of likely N-dealkylation sites (N-methyl/N-ethyl adjacent to an activating group) is 1. The molecule has 0 aliphatic carbocycles. The lowest BCUT2D eigenvalue weighted by Gasteiger charge is -2.19. The number of hydrogen-bond acceptors (Lipinski definition) is 4. The first-order valence-electron chi connectivity index (χ1n) is 6.83. The summed E-state index contributed by atoms with van der Waals surface area (Å²) in [6.07, 6.45) is 3.50. The molecule has 1 N–H and O–H groups in total. The lowest BCUT2D eigenvalue weighted by atomic mass is 10.1. The van der Waals surface area contributed by atoms with Crippen molar-refractivity contribution >= 4 is 11.6 Å². The van der Waals surface area contributed by atoms with Crippen molar-refractivity contribution in [2.45, 2.75) is 13.0 Å². The highest BCUT2D eigenvalue weighted by atomic mass is 35.5. The smallest absolute Gasteiger partial charge is 0.137 e. The van der Waals surface area contributed by atoms with Gasteiger partial charge in [0, 0.05) is 11.2 Å². The molecular weight excluding hydrogens is 288 g/mol. The molecule has 21 heavy (non-hydrogen) atoms. The summed E-state index contributed by atoms with van der Waals surface area (Å²) in [6, 6.07) is 9.38. The molecule has 2 aromatic rings. The summed E-state index contributed by atoms with van der Waals surface area (Å²) in [7, 11) is 1.63. The molecule has 112 valence electrons. The van der Waals surface area contributed by atoms with E-state index in [1.165, 1.54) is 0 Å². The maximum absolute atomic E-state index is 5.96. The molecule has 0 saturated carbocycles. The van der Waals surface area contributed by atoms with Gasteiger partial charge in [0.25, 0.3) is 0 Å². The van der Waals surface area contributed by atoms with E-state index in [4.69, 9.17) is 21.1 Å². The summed E-state index contributed by atoms with van der Waals surface area (Å²) in [5, 5.41) is 4.04.